The zero-order chi connectivity index (χ0) is 19.7. The number of methoxy groups -OCH3 is 2. The number of halogens is 2. The number of nitrogens with one attached hydrogen (secondary N) is 1. The van der Waals surface area contributed by atoms with Gasteiger partial charge in [0.05, 0.1) is 14.2 Å². The summed E-state index contributed by atoms with van der Waals surface area (Å²) in [7, 11) is 3.39. The van der Waals surface area contributed by atoms with Crippen molar-refractivity contribution in [3.8, 4) is 11.5 Å². The number of piperidine rings is 2. The number of hydrogen-bond donors (Lipinski definition) is 1. The molecular formula is C22H35Cl2N3O3. The van der Waals surface area contributed by atoms with Crippen LogP contribution in [0.25, 0.3) is 0 Å². The molecule has 30 heavy (non-hydrogen) atoms. The van der Waals surface area contributed by atoms with E-state index in [1.807, 2.05) is 0 Å². The lowest BCUT2D eigenvalue weighted by molar-refractivity contribution is -0.136. The van der Waals surface area contributed by atoms with Crippen molar-refractivity contribution in [2.75, 3.05) is 40.4 Å². The van der Waals surface area contributed by atoms with Crippen LogP contribution >= 0.6 is 24.8 Å². The largest absolute Gasteiger partial charge is 0.493 e. The quantitative estimate of drug-likeness (QED) is 0.748. The van der Waals surface area contributed by atoms with Gasteiger partial charge in [0, 0.05) is 38.1 Å². The molecule has 3 aliphatic rings. The fourth-order valence-electron chi connectivity index (χ4n) is 5.46. The molecule has 3 heterocycles. The van der Waals surface area contributed by atoms with Crippen LogP contribution in [0.2, 0.25) is 0 Å². The van der Waals surface area contributed by atoms with Gasteiger partial charge in [0.1, 0.15) is 0 Å². The lowest BCUT2D eigenvalue weighted by Crippen LogP contribution is -2.54. The van der Waals surface area contributed by atoms with Gasteiger partial charge >= 0.3 is 0 Å². The number of hydrogen-bond acceptors (Lipinski definition) is 5. The van der Waals surface area contributed by atoms with Gasteiger partial charge in [0.25, 0.3) is 0 Å². The summed E-state index contributed by atoms with van der Waals surface area (Å²) in [4.78, 5) is 17.4. The lowest BCUT2D eigenvalue weighted by atomic mass is 9.83. The van der Waals surface area contributed by atoms with E-state index in [2.05, 4.69) is 27.2 Å². The molecule has 0 bridgehead atoms. The fraction of sp³-hybridized carbons (Fsp3) is 0.682. The molecule has 0 saturated carbocycles. The molecule has 1 N–H and O–H groups in total. The Bertz CT molecular complexity index is 728. The zero-order valence-electron chi connectivity index (χ0n) is 18.2. The maximum Gasteiger partial charge on any atom is 0.219 e. The Morgan fingerprint density at radius 1 is 1.03 bits per heavy atom. The maximum absolute atomic E-state index is 12.6. The van der Waals surface area contributed by atoms with Crippen LogP contribution in [-0.2, 0) is 11.2 Å². The van der Waals surface area contributed by atoms with Gasteiger partial charge in [0.15, 0.2) is 11.5 Å². The van der Waals surface area contributed by atoms with Crippen molar-refractivity contribution in [2.45, 2.75) is 57.2 Å². The molecule has 1 aromatic rings. The third-order valence-electron chi connectivity index (χ3n) is 6.82. The number of ether oxygens (including phenoxy) is 2. The molecule has 1 aromatic carbocycles. The predicted molar refractivity (Wildman–Crippen MR) is 123 cm³/mol. The Morgan fingerprint density at radius 3 is 2.33 bits per heavy atom. The summed E-state index contributed by atoms with van der Waals surface area (Å²) in [5, 5.41) is 3.42. The first kappa shape index (κ1) is 25.1. The molecule has 2 atom stereocenters. The summed E-state index contributed by atoms with van der Waals surface area (Å²) < 4.78 is 11.1. The number of rotatable bonds is 4. The zero-order valence-corrected chi connectivity index (χ0v) is 19.8. The summed E-state index contributed by atoms with van der Waals surface area (Å²) in [5.41, 5.74) is 2.71. The first-order valence-electron chi connectivity index (χ1n) is 10.6. The molecule has 2 saturated heterocycles. The van der Waals surface area contributed by atoms with E-state index in [4.69, 9.17) is 9.47 Å². The molecule has 0 radical (unpaired) electrons. The summed E-state index contributed by atoms with van der Waals surface area (Å²) in [6.07, 6.45) is 5.24. The second-order valence-corrected chi connectivity index (χ2v) is 8.29. The number of fused-ring (bicyclic) bond motifs is 3. The van der Waals surface area contributed by atoms with E-state index < -0.39 is 0 Å². The van der Waals surface area contributed by atoms with E-state index >= 15 is 0 Å². The molecule has 170 valence electrons. The number of amides is 1. The minimum absolute atomic E-state index is 0. The average Bonchev–Trinajstić information content (AvgIpc) is 2.73. The van der Waals surface area contributed by atoms with E-state index in [9.17, 15) is 4.79 Å². The highest BCUT2D eigenvalue weighted by atomic mass is 35.5. The normalized spacial score (nSPS) is 23.8. The Hall–Kier alpha value is -1.21. The summed E-state index contributed by atoms with van der Waals surface area (Å²) in [6.45, 7) is 5.90. The summed E-state index contributed by atoms with van der Waals surface area (Å²) in [6, 6.07) is 5.36. The van der Waals surface area contributed by atoms with Crippen LogP contribution in [0.3, 0.4) is 0 Å². The average molecular weight is 460 g/mol. The summed E-state index contributed by atoms with van der Waals surface area (Å²) >= 11 is 0. The molecular weight excluding hydrogens is 425 g/mol. The van der Waals surface area contributed by atoms with Crippen LogP contribution in [0.4, 0.5) is 0 Å². The standard InChI is InChI=1S/C22H33N3O3.2ClH/c1-15(26)25(17-4-8-23-9-5-17)18-7-11-24-10-6-16-12-21(27-2)22(28-3)14-19(16)20(24)13-18;;/h12,14,17-18,20,23H,4-11,13H2,1-3H3;2*1H. The topological polar surface area (TPSA) is 54.0 Å². The molecule has 0 aliphatic carbocycles. The Balaban J connectivity index is 0.00000160. The SMILES string of the molecule is COc1cc2c(cc1OC)C1CC(N(C(C)=O)C3CCNCC3)CCN1CC2.Cl.Cl. The first-order valence-corrected chi connectivity index (χ1v) is 10.6. The maximum atomic E-state index is 12.6. The van der Waals surface area contributed by atoms with Crippen LogP contribution in [0, 0.1) is 0 Å². The highest BCUT2D eigenvalue weighted by Gasteiger charge is 2.39. The molecule has 8 heteroatoms. The number of nitrogens with zero attached hydrogens (tertiary/aromatic N) is 2. The van der Waals surface area contributed by atoms with Crippen LogP contribution in [0.1, 0.15) is 49.8 Å². The van der Waals surface area contributed by atoms with E-state index in [0.717, 1.165) is 69.8 Å². The molecule has 0 aromatic heterocycles. The Kier molecular flexibility index (Phi) is 9.10. The molecule has 4 rings (SSSR count). The fourth-order valence-corrected chi connectivity index (χ4v) is 5.46. The Morgan fingerprint density at radius 2 is 1.70 bits per heavy atom. The summed E-state index contributed by atoms with van der Waals surface area (Å²) in [5.74, 6) is 1.84. The van der Waals surface area contributed by atoms with E-state index in [1.54, 1.807) is 21.1 Å². The second-order valence-electron chi connectivity index (χ2n) is 8.29. The first-order chi connectivity index (χ1) is 13.6. The molecule has 3 aliphatic heterocycles. The third-order valence-corrected chi connectivity index (χ3v) is 6.82. The van der Waals surface area contributed by atoms with Crippen molar-refractivity contribution >= 4 is 30.7 Å². The highest BCUT2D eigenvalue weighted by Crippen LogP contribution is 2.43. The van der Waals surface area contributed by atoms with Crippen LogP contribution in [0.5, 0.6) is 11.5 Å². The van der Waals surface area contributed by atoms with Crippen molar-refractivity contribution in [2.24, 2.45) is 0 Å². The van der Waals surface area contributed by atoms with Gasteiger partial charge < -0.3 is 19.7 Å². The van der Waals surface area contributed by atoms with Crippen molar-refractivity contribution in [1.29, 1.82) is 0 Å². The van der Waals surface area contributed by atoms with Gasteiger partial charge in [-0.25, -0.2) is 0 Å². The number of carbonyl (C=O) groups is 1. The van der Waals surface area contributed by atoms with Gasteiger partial charge in [-0.15, -0.1) is 24.8 Å². The Labute approximate surface area is 192 Å². The van der Waals surface area contributed by atoms with E-state index in [1.165, 1.54) is 11.1 Å². The smallest absolute Gasteiger partial charge is 0.219 e. The number of carbonyl (C=O) groups excluding carboxylic acids is 1. The lowest BCUT2D eigenvalue weighted by Gasteiger charge is -2.48. The van der Waals surface area contributed by atoms with Crippen LogP contribution < -0.4 is 14.8 Å². The van der Waals surface area contributed by atoms with Gasteiger partial charge in [-0.1, -0.05) is 0 Å². The van der Waals surface area contributed by atoms with Gasteiger partial charge in [0.2, 0.25) is 5.91 Å². The second kappa shape index (κ2) is 10.9. The van der Waals surface area contributed by atoms with E-state index in [0.29, 0.717) is 18.1 Å². The van der Waals surface area contributed by atoms with Crippen LogP contribution in [0.15, 0.2) is 12.1 Å². The van der Waals surface area contributed by atoms with Gasteiger partial charge in [-0.05, 0) is 68.5 Å². The van der Waals surface area contributed by atoms with Crippen molar-refractivity contribution in [3.63, 3.8) is 0 Å². The van der Waals surface area contributed by atoms with Gasteiger partial charge in [-0.3, -0.25) is 9.69 Å². The molecule has 0 spiro atoms. The predicted octanol–water partition coefficient (Wildman–Crippen LogP) is 3.21. The molecule has 6 nitrogen and oxygen atoms in total. The monoisotopic (exact) mass is 459 g/mol. The molecule has 2 fully saturated rings. The molecule has 2 unspecified atom stereocenters. The molecule has 1 amide bonds. The van der Waals surface area contributed by atoms with Crippen molar-refractivity contribution in [3.05, 3.63) is 23.3 Å². The highest BCUT2D eigenvalue weighted by molar-refractivity contribution is 5.85. The van der Waals surface area contributed by atoms with Crippen molar-refractivity contribution < 1.29 is 14.3 Å². The van der Waals surface area contributed by atoms with Gasteiger partial charge in [-0.2, -0.15) is 0 Å². The third kappa shape index (κ3) is 4.82. The minimum atomic E-state index is 0. The van der Waals surface area contributed by atoms with Crippen LogP contribution in [-0.4, -0.2) is 68.2 Å². The number of benzene rings is 1. The van der Waals surface area contributed by atoms with E-state index in [-0.39, 0.29) is 30.7 Å². The minimum Gasteiger partial charge on any atom is -0.493 e. The van der Waals surface area contributed by atoms with Crippen molar-refractivity contribution in [1.82, 2.24) is 15.1 Å².